The Bertz CT molecular complexity index is 738. The third-order valence-electron chi connectivity index (χ3n) is 3.45. The molecule has 0 amide bonds. The van der Waals surface area contributed by atoms with E-state index in [4.69, 9.17) is 15.2 Å². The molecule has 3 N–H and O–H groups in total. The Labute approximate surface area is 135 Å². The highest BCUT2D eigenvalue weighted by atomic mass is 35.5. The molecule has 5 heteroatoms. The molecule has 0 spiro atoms. The van der Waals surface area contributed by atoms with E-state index < -0.39 is 0 Å². The highest BCUT2D eigenvalue weighted by Crippen LogP contribution is 2.28. The predicted octanol–water partition coefficient (Wildman–Crippen LogP) is 3.89. The van der Waals surface area contributed by atoms with E-state index in [1.165, 1.54) is 5.56 Å². The Morgan fingerprint density at radius 2 is 1.68 bits per heavy atom. The number of ether oxygens (including phenoxy) is 2. The lowest BCUT2D eigenvalue weighted by Gasteiger charge is -2.07. The number of H-pyrrole nitrogens is 1. The summed E-state index contributed by atoms with van der Waals surface area (Å²) in [6.07, 6.45) is 2.86. The average molecular weight is 319 g/mol. The van der Waals surface area contributed by atoms with Gasteiger partial charge in [-0.15, -0.1) is 12.4 Å². The van der Waals surface area contributed by atoms with Crippen LogP contribution in [0.25, 0.3) is 10.9 Å². The molecule has 4 nitrogen and oxygen atoms in total. The highest BCUT2D eigenvalue weighted by Gasteiger charge is 2.05. The minimum Gasteiger partial charge on any atom is -0.497 e. The smallest absolute Gasteiger partial charge is 0.128 e. The molecule has 0 fully saturated rings. The normalized spacial score (nSPS) is 10.3. The third kappa shape index (κ3) is 3.35. The molecule has 0 saturated heterocycles. The Morgan fingerprint density at radius 1 is 1.00 bits per heavy atom. The van der Waals surface area contributed by atoms with Gasteiger partial charge in [0.25, 0.3) is 0 Å². The van der Waals surface area contributed by atoms with E-state index in [0.717, 1.165) is 34.6 Å². The van der Waals surface area contributed by atoms with Crippen LogP contribution in [-0.4, -0.2) is 18.6 Å². The number of hydrogen-bond donors (Lipinski definition) is 2. The van der Waals surface area contributed by atoms with Crippen LogP contribution >= 0.6 is 12.4 Å². The van der Waals surface area contributed by atoms with Crippen LogP contribution < -0.4 is 15.2 Å². The van der Waals surface area contributed by atoms with Crippen molar-refractivity contribution >= 4 is 23.3 Å². The Balaban J connectivity index is 0.00000176. The van der Waals surface area contributed by atoms with Gasteiger partial charge >= 0.3 is 0 Å². The number of hydrogen-bond acceptors (Lipinski definition) is 3. The number of halogens is 1. The van der Waals surface area contributed by atoms with Crippen LogP contribution in [0.4, 0.5) is 0 Å². The van der Waals surface area contributed by atoms with Gasteiger partial charge in [0.15, 0.2) is 0 Å². The van der Waals surface area contributed by atoms with Crippen LogP contribution in [0.2, 0.25) is 0 Å². The van der Waals surface area contributed by atoms with Gasteiger partial charge in [-0.1, -0.05) is 0 Å². The summed E-state index contributed by atoms with van der Waals surface area (Å²) >= 11 is 0. The summed E-state index contributed by atoms with van der Waals surface area (Å²) in [6, 6.07) is 13.6. The molecule has 22 heavy (non-hydrogen) atoms. The third-order valence-corrected chi connectivity index (χ3v) is 3.45. The quantitative estimate of drug-likeness (QED) is 0.750. The number of aromatic nitrogens is 1. The molecular weight excluding hydrogens is 300 g/mol. The van der Waals surface area contributed by atoms with Crippen molar-refractivity contribution in [1.82, 2.24) is 4.98 Å². The second-order valence-electron chi connectivity index (χ2n) is 4.84. The van der Waals surface area contributed by atoms with E-state index >= 15 is 0 Å². The fraction of sp³-hybridized carbons (Fsp3) is 0.176. The maximum absolute atomic E-state index is 5.89. The Hall–Kier alpha value is -2.17. The first-order valence-corrected chi connectivity index (χ1v) is 6.92. The van der Waals surface area contributed by atoms with E-state index in [1.54, 1.807) is 7.11 Å². The number of methoxy groups -OCH3 is 1. The Kier molecular flexibility index (Phi) is 5.31. The first-order valence-electron chi connectivity index (χ1n) is 6.92. The molecule has 1 heterocycles. The minimum atomic E-state index is 0. The van der Waals surface area contributed by atoms with E-state index in [2.05, 4.69) is 4.98 Å². The zero-order valence-electron chi connectivity index (χ0n) is 12.3. The van der Waals surface area contributed by atoms with Gasteiger partial charge in [0.2, 0.25) is 0 Å². The van der Waals surface area contributed by atoms with Gasteiger partial charge in [0, 0.05) is 17.1 Å². The van der Waals surface area contributed by atoms with Gasteiger partial charge in [-0.3, -0.25) is 0 Å². The second-order valence-corrected chi connectivity index (χ2v) is 4.84. The first kappa shape index (κ1) is 16.2. The molecule has 0 aliphatic rings. The van der Waals surface area contributed by atoms with Crippen molar-refractivity contribution in [2.75, 3.05) is 13.7 Å². The number of rotatable bonds is 5. The minimum absolute atomic E-state index is 0. The molecule has 0 atom stereocenters. The number of nitrogens with one attached hydrogen (secondary N) is 1. The number of aromatic amines is 1. The zero-order chi connectivity index (χ0) is 14.7. The number of nitrogens with two attached hydrogens (primary N) is 1. The van der Waals surface area contributed by atoms with Crippen molar-refractivity contribution < 1.29 is 9.47 Å². The molecule has 0 aliphatic carbocycles. The lowest BCUT2D eigenvalue weighted by atomic mass is 10.1. The van der Waals surface area contributed by atoms with Gasteiger partial charge < -0.3 is 20.2 Å². The van der Waals surface area contributed by atoms with Gasteiger partial charge in [-0.2, -0.15) is 0 Å². The zero-order valence-corrected chi connectivity index (χ0v) is 13.2. The van der Waals surface area contributed by atoms with Crippen molar-refractivity contribution in [3.8, 4) is 17.2 Å². The van der Waals surface area contributed by atoms with Crippen LogP contribution in [0, 0.1) is 0 Å². The molecule has 0 radical (unpaired) electrons. The molecule has 3 aromatic rings. The fourth-order valence-electron chi connectivity index (χ4n) is 2.36. The molecule has 3 rings (SSSR count). The molecule has 0 aliphatic heterocycles. The maximum atomic E-state index is 5.89. The molecule has 116 valence electrons. The standard InChI is InChI=1S/C17H18N2O2.ClH/c1-20-13-2-4-14(5-3-13)21-15-6-7-17-16(10-15)12(8-9-18)11-19-17;/h2-7,10-11,19H,8-9,18H2,1H3;1H. The van der Waals surface area contributed by atoms with E-state index in [9.17, 15) is 0 Å². The van der Waals surface area contributed by atoms with Crippen LogP contribution in [0.15, 0.2) is 48.7 Å². The molecule has 0 saturated carbocycles. The summed E-state index contributed by atoms with van der Waals surface area (Å²) in [4.78, 5) is 3.25. The van der Waals surface area contributed by atoms with Gasteiger partial charge in [0.05, 0.1) is 7.11 Å². The summed E-state index contributed by atoms with van der Waals surface area (Å²) in [5, 5.41) is 1.16. The highest BCUT2D eigenvalue weighted by molar-refractivity contribution is 5.85. The van der Waals surface area contributed by atoms with Gasteiger partial charge in [-0.25, -0.2) is 0 Å². The summed E-state index contributed by atoms with van der Waals surface area (Å²) in [5.41, 5.74) is 7.96. The van der Waals surface area contributed by atoms with Crippen molar-refractivity contribution in [2.24, 2.45) is 5.73 Å². The maximum Gasteiger partial charge on any atom is 0.128 e. The van der Waals surface area contributed by atoms with Crippen LogP contribution in [-0.2, 0) is 6.42 Å². The molecule has 0 bridgehead atoms. The summed E-state index contributed by atoms with van der Waals surface area (Å²) in [7, 11) is 1.65. The Morgan fingerprint density at radius 3 is 2.36 bits per heavy atom. The van der Waals surface area contributed by atoms with Crippen LogP contribution in [0.1, 0.15) is 5.56 Å². The monoisotopic (exact) mass is 318 g/mol. The lowest BCUT2D eigenvalue weighted by molar-refractivity contribution is 0.413. The topological polar surface area (TPSA) is 60.3 Å². The predicted molar refractivity (Wildman–Crippen MR) is 91.4 cm³/mol. The molecule has 0 unspecified atom stereocenters. The van der Waals surface area contributed by atoms with E-state index in [1.807, 2.05) is 48.7 Å². The van der Waals surface area contributed by atoms with Gasteiger partial charge in [0.1, 0.15) is 17.2 Å². The second kappa shape index (κ2) is 7.20. The number of benzene rings is 2. The van der Waals surface area contributed by atoms with Crippen molar-refractivity contribution in [3.05, 3.63) is 54.2 Å². The van der Waals surface area contributed by atoms with E-state index in [0.29, 0.717) is 6.54 Å². The summed E-state index contributed by atoms with van der Waals surface area (Å²) in [6.45, 7) is 0.635. The van der Waals surface area contributed by atoms with Crippen molar-refractivity contribution in [1.29, 1.82) is 0 Å². The van der Waals surface area contributed by atoms with Crippen molar-refractivity contribution in [2.45, 2.75) is 6.42 Å². The van der Waals surface area contributed by atoms with Gasteiger partial charge in [-0.05, 0) is 61.0 Å². The SMILES string of the molecule is COc1ccc(Oc2ccc3[nH]cc(CCN)c3c2)cc1.Cl. The fourth-order valence-corrected chi connectivity index (χ4v) is 2.36. The number of fused-ring (bicyclic) bond motifs is 1. The molecule has 1 aromatic heterocycles. The molecular formula is C17H19ClN2O2. The molecule has 2 aromatic carbocycles. The van der Waals surface area contributed by atoms with Crippen LogP contribution in [0.3, 0.4) is 0 Å². The average Bonchev–Trinajstić information content (AvgIpc) is 2.91. The first-order chi connectivity index (χ1) is 10.3. The summed E-state index contributed by atoms with van der Waals surface area (Å²) < 4.78 is 11.0. The van der Waals surface area contributed by atoms with E-state index in [-0.39, 0.29) is 12.4 Å². The van der Waals surface area contributed by atoms with Crippen LogP contribution in [0.5, 0.6) is 17.2 Å². The summed E-state index contributed by atoms with van der Waals surface area (Å²) in [5.74, 6) is 2.41. The lowest BCUT2D eigenvalue weighted by Crippen LogP contribution is -2.01. The largest absolute Gasteiger partial charge is 0.497 e. The van der Waals surface area contributed by atoms with Crippen molar-refractivity contribution in [3.63, 3.8) is 0 Å².